The molecule has 0 aliphatic rings. The molecule has 27 heavy (non-hydrogen) atoms. The number of benzene rings is 1. The molecule has 5 heteroatoms. The van der Waals surface area contributed by atoms with Gasteiger partial charge >= 0.3 is 0 Å². The Morgan fingerprint density at radius 3 is 2.15 bits per heavy atom. The van der Waals surface area contributed by atoms with E-state index < -0.39 is 0 Å². The first-order valence-electron chi connectivity index (χ1n) is 10.2. The fraction of sp³-hybridized carbons (Fsp3) is 0.545. The molecule has 0 spiro atoms. The highest BCUT2D eigenvalue weighted by Crippen LogP contribution is 2.26. The minimum atomic E-state index is 0.298. The molecule has 0 atom stereocenters. The molecule has 2 rings (SSSR count). The second-order valence-electron chi connectivity index (χ2n) is 6.92. The molecule has 0 saturated carbocycles. The summed E-state index contributed by atoms with van der Waals surface area (Å²) in [5, 5.41) is 13.1. The van der Waals surface area contributed by atoms with Crippen molar-refractivity contribution in [1.29, 1.82) is 5.26 Å². The maximum Gasteiger partial charge on any atom is 0.232 e. The Labute approximate surface area is 167 Å². The third-order valence-electron chi connectivity index (χ3n) is 4.64. The van der Waals surface area contributed by atoms with Crippen LogP contribution in [0.25, 0.3) is 11.5 Å². The molecule has 1 aromatic carbocycles. The highest BCUT2D eigenvalue weighted by atomic mass is 35.5. The van der Waals surface area contributed by atoms with E-state index in [0.717, 1.165) is 18.5 Å². The zero-order chi connectivity index (χ0) is 19.3. The van der Waals surface area contributed by atoms with Crippen LogP contribution in [0.4, 0.5) is 5.88 Å². The molecule has 0 aliphatic heterocycles. The Balaban J connectivity index is 1.66. The zero-order valence-electron chi connectivity index (χ0n) is 16.3. The van der Waals surface area contributed by atoms with Crippen molar-refractivity contribution in [2.24, 2.45) is 0 Å². The molecule has 0 amide bonds. The number of oxazole rings is 1. The number of aromatic nitrogens is 1. The van der Waals surface area contributed by atoms with Crippen molar-refractivity contribution in [2.45, 2.75) is 71.1 Å². The quantitative estimate of drug-likeness (QED) is 0.369. The standard InChI is InChI=1S/C22H30ClN3O/c1-2-3-4-5-6-7-8-9-10-11-16-25-22-20(17-24)26-21(27-22)18-12-14-19(23)15-13-18/h12-15,25H,2-11,16H2,1H3. The monoisotopic (exact) mass is 387 g/mol. The van der Waals surface area contributed by atoms with Gasteiger partial charge in [-0.3, -0.25) is 0 Å². The second-order valence-corrected chi connectivity index (χ2v) is 7.36. The first kappa shape index (κ1) is 21.3. The summed E-state index contributed by atoms with van der Waals surface area (Å²) in [6, 6.07) is 9.33. The van der Waals surface area contributed by atoms with Crippen molar-refractivity contribution >= 4 is 17.5 Å². The maximum atomic E-state index is 9.27. The number of hydrogen-bond acceptors (Lipinski definition) is 4. The van der Waals surface area contributed by atoms with Crippen molar-refractivity contribution in [3.63, 3.8) is 0 Å². The summed E-state index contributed by atoms with van der Waals surface area (Å²) in [7, 11) is 0. The molecule has 1 N–H and O–H groups in total. The summed E-state index contributed by atoms with van der Waals surface area (Å²) in [4.78, 5) is 4.27. The number of nitrogens with zero attached hydrogens (tertiary/aromatic N) is 2. The third-order valence-corrected chi connectivity index (χ3v) is 4.89. The van der Waals surface area contributed by atoms with Crippen LogP contribution in [-0.2, 0) is 0 Å². The topological polar surface area (TPSA) is 61.9 Å². The van der Waals surface area contributed by atoms with Crippen molar-refractivity contribution in [2.75, 3.05) is 11.9 Å². The fourth-order valence-electron chi connectivity index (χ4n) is 3.05. The summed E-state index contributed by atoms with van der Waals surface area (Å²) in [5.41, 5.74) is 1.11. The summed E-state index contributed by atoms with van der Waals surface area (Å²) in [5.74, 6) is 0.896. The van der Waals surface area contributed by atoms with E-state index in [4.69, 9.17) is 16.0 Å². The largest absolute Gasteiger partial charge is 0.419 e. The van der Waals surface area contributed by atoms with Crippen molar-refractivity contribution in [3.8, 4) is 17.5 Å². The Hall–Kier alpha value is -1.99. The van der Waals surface area contributed by atoms with E-state index in [1.807, 2.05) is 12.1 Å². The van der Waals surface area contributed by atoms with Crippen molar-refractivity contribution in [1.82, 2.24) is 4.98 Å². The van der Waals surface area contributed by atoms with Crippen LogP contribution in [0.5, 0.6) is 0 Å². The number of rotatable bonds is 13. The minimum absolute atomic E-state index is 0.298. The number of nitriles is 1. The van der Waals surface area contributed by atoms with Gasteiger partial charge in [0.05, 0.1) is 0 Å². The van der Waals surface area contributed by atoms with E-state index in [2.05, 4.69) is 23.3 Å². The summed E-state index contributed by atoms with van der Waals surface area (Å²) in [6.07, 6.45) is 13.0. The molecule has 0 fully saturated rings. The lowest BCUT2D eigenvalue weighted by molar-refractivity contribution is 0.555. The van der Waals surface area contributed by atoms with E-state index in [0.29, 0.717) is 22.5 Å². The number of anilines is 1. The Bertz CT molecular complexity index is 703. The van der Waals surface area contributed by atoms with Gasteiger partial charge in [-0.2, -0.15) is 10.2 Å². The Morgan fingerprint density at radius 1 is 0.963 bits per heavy atom. The number of unbranched alkanes of at least 4 members (excludes halogenated alkanes) is 9. The normalized spacial score (nSPS) is 10.7. The summed E-state index contributed by atoms with van der Waals surface area (Å²) < 4.78 is 5.74. The summed E-state index contributed by atoms with van der Waals surface area (Å²) in [6.45, 7) is 3.05. The lowest BCUT2D eigenvalue weighted by atomic mass is 10.1. The van der Waals surface area contributed by atoms with Crippen LogP contribution in [0.3, 0.4) is 0 Å². The Kier molecular flexibility index (Phi) is 9.79. The maximum absolute atomic E-state index is 9.27. The predicted octanol–water partition coefficient (Wildman–Crippen LogP) is 7.20. The Morgan fingerprint density at radius 2 is 1.56 bits per heavy atom. The number of halogens is 1. The van der Waals surface area contributed by atoms with Gasteiger partial charge in [0, 0.05) is 17.1 Å². The van der Waals surface area contributed by atoms with E-state index in [1.54, 1.807) is 12.1 Å². The van der Waals surface area contributed by atoms with Crippen molar-refractivity contribution < 1.29 is 4.42 Å². The molecular weight excluding hydrogens is 358 g/mol. The third kappa shape index (κ3) is 7.64. The highest BCUT2D eigenvalue weighted by molar-refractivity contribution is 6.30. The molecule has 4 nitrogen and oxygen atoms in total. The predicted molar refractivity (Wildman–Crippen MR) is 112 cm³/mol. The summed E-state index contributed by atoms with van der Waals surface area (Å²) >= 11 is 5.91. The van der Waals surface area contributed by atoms with Gasteiger partial charge in [0.15, 0.2) is 0 Å². The van der Waals surface area contributed by atoms with Crippen LogP contribution >= 0.6 is 11.6 Å². The van der Waals surface area contributed by atoms with Crippen LogP contribution in [0, 0.1) is 11.3 Å². The van der Waals surface area contributed by atoms with Crippen LogP contribution in [-0.4, -0.2) is 11.5 Å². The van der Waals surface area contributed by atoms with Gasteiger partial charge < -0.3 is 9.73 Å². The molecule has 2 aromatic rings. The first-order valence-corrected chi connectivity index (χ1v) is 10.5. The van der Waals surface area contributed by atoms with Crippen LogP contribution in [0.15, 0.2) is 28.7 Å². The van der Waals surface area contributed by atoms with Crippen LogP contribution in [0.1, 0.15) is 76.8 Å². The molecule has 1 heterocycles. The molecule has 0 unspecified atom stereocenters. The molecule has 0 saturated heterocycles. The van der Waals surface area contributed by atoms with E-state index in [9.17, 15) is 5.26 Å². The van der Waals surface area contributed by atoms with Gasteiger partial charge in [-0.15, -0.1) is 0 Å². The number of nitrogens with one attached hydrogen (secondary N) is 1. The van der Waals surface area contributed by atoms with Gasteiger partial charge in [-0.05, 0) is 30.7 Å². The van der Waals surface area contributed by atoms with Crippen LogP contribution < -0.4 is 5.32 Å². The smallest absolute Gasteiger partial charge is 0.232 e. The number of hydrogen-bond donors (Lipinski definition) is 1. The zero-order valence-corrected chi connectivity index (χ0v) is 17.0. The lowest BCUT2D eigenvalue weighted by Gasteiger charge is -2.04. The first-order chi connectivity index (χ1) is 13.2. The van der Waals surface area contributed by atoms with Gasteiger partial charge in [-0.1, -0.05) is 76.3 Å². The molecular formula is C22H30ClN3O. The van der Waals surface area contributed by atoms with E-state index >= 15 is 0 Å². The SMILES string of the molecule is CCCCCCCCCCCCNc1oc(-c2ccc(Cl)cc2)nc1C#N. The van der Waals surface area contributed by atoms with E-state index in [1.165, 1.54) is 57.8 Å². The average molecular weight is 388 g/mol. The average Bonchev–Trinajstić information content (AvgIpc) is 3.10. The second kappa shape index (κ2) is 12.4. The molecule has 1 aromatic heterocycles. The molecule has 0 aliphatic carbocycles. The van der Waals surface area contributed by atoms with E-state index in [-0.39, 0.29) is 0 Å². The lowest BCUT2D eigenvalue weighted by Crippen LogP contribution is -2.01. The van der Waals surface area contributed by atoms with Gasteiger partial charge in [-0.25, -0.2) is 0 Å². The minimum Gasteiger partial charge on any atom is -0.419 e. The molecule has 146 valence electrons. The van der Waals surface area contributed by atoms with Gasteiger partial charge in [0.1, 0.15) is 6.07 Å². The fourth-order valence-corrected chi connectivity index (χ4v) is 3.17. The molecule has 0 bridgehead atoms. The van der Waals surface area contributed by atoms with Gasteiger partial charge in [0.2, 0.25) is 17.5 Å². The van der Waals surface area contributed by atoms with Crippen molar-refractivity contribution in [3.05, 3.63) is 35.0 Å². The molecule has 0 radical (unpaired) electrons. The van der Waals surface area contributed by atoms with Crippen LogP contribution in [0.2, 0.25) is 5.02 Å². The van der Waals surface area contributed by atoms with Gasteiger partial charge in [0.25, 0.3) is 0 Å². The highest BCUT2D eigenvalue weighted by Gasteiger charge is 2.14.